The standard InChI is InChI=1S/C17H22F3NO6S/c18-17(19,20)14(12-22)27-15(23)21-9-6-16(24,7-10-21)8-11-28(25,26)13-4-2-1-3-5-13/h1-5,14,22,24H,6-12H2/t14-/m1/s1. The highest BCUT2D eigenvalue weighted by molar-refractivity contribution is 7.91. The first-order valence-electron chi connectivity index (χ1n) is 8.60. The van der Waals surface area contributed by atoms with Gasteiger partial charge in [-0.3, -0.25) is 0 Å². The van der Waals surface area contributed by atoms with E-state index < -0.39 is 40.4 Å². The predicted octanol–water partition coefficient (Wildman–Crippen LogP) is 1.74. The first kappa shape index (κ1) is 22.4. The van der Waals surface area contributed by atoms with Crippen LogP contribution in [0.1, 0.15) is 19.3 Å². The van der Waals surface area contributed by atoms with Crippen molar-refractivity contribution in [3.63, 3.8) is 0 Å². The Morgan fingerprint density at radius 3 is 2.29 bits per heavy atom. The zero-order valence-corrected chi connectivity index (χ0v) is 15.7. The summed E-state index contributed by atoms with van der Waals surface area (Å²) >= 11 is 0. The van der Waals surface area contributed by atoms with E-state index >= 15 is 0 Å². The van der Waals surface area contributed by atoms with E-state index in [1.54, 1.807) is 18.2 Å². The van der Waals surface area contributed by atoms with Crippen LogP contribution in [0.2, 0.25) is 0 Å². The Morgan fingerprint density at radius 2 is 1.79 bits per heavy atom. The van der Waals surface area contributed by atoms with Gasteiger partial charge in [-0.15, -0.1) is 0 Å². The number of nitrogens with zero attached hydrogens (tertiary/aromatic N) is 1. The molecule has 1 atom stereocenters. The molecule has 28 heavy (non-hydrogen) atoms. The summed E-state index contributed by atoms with van der Waals surface area (Å²) in [6, 6.07) is 7.77. The number of hydrogen-bond acceptors (Lipinski definition) is 6. The van der Waals surface area contributed by atoms with Crippen LogP contribution >= 0.6 is 0 Å². The average Bonchev–Trinajstić information content (AvgIpc) is 2.65. The summed E-state index contributed by atoms with van der Waals surface area (Å²) in [5.74, 6) is -0.293. The maximum Gasteiger partial charge on any atom is 0.427 e. The number of aliphatic hydroxyl groups excluding tert-OH is 1. The molecule has 1 saturated heterocycles. The summed E-state index contributed by atoms with van der Waals surface area (Å²) in [6.45, 7) is -1.56. The summed E-state index contributed by atoms with van der Waals surface area (Å²) in [5, 5.41) is 19.3. The zero-order chi connectivity index (χ0) is 21.0. The van der Waals surface area contributed by atoms with E-state index in [0.29, 0.717) is 0 Å². The normalized spacial score (nSPS) is 18.5. The first-order chi connectivity index (χ1) is 13.0. The van der Waals surface area contributed by atoms with E-state index in [-0.39, 0.29) is 43.0 Å². The van der Waals surface area contributed by atoms with Gasteiger partial charge in [0.2, 0.25) is 6.10 Å². The molecular formula is C17H22F3NO6S. The number of rotatable bonds is 6. The van der Waals surface area contributed by atoms with Gasteiger partial charge in [0.05, 0.1) is 22.9 Å². The fraction of sp³-hybridized carbons (Fsp3) is 0.588. The minimum atomic E-state index is -4.88. The van der Waals surface area contributed by atoms with Crippen molar-refractivity contribution in [2.24, 2.45) is 0 Å². The third-order valence-corrected chi connectivity index (χ3v) is 6.40. The Balaban J connectivity index is 1.89. The van der Waals surface area contributed by atoms with Crippen LogP contribution in [0, 0.1) is 0 Å². The maximum absolute atomic E-state index is 12.6. The van der Waals surface area contributed by atoms with E-state index in [4.69, 9.17) is 5.11 Å². The number of sulfone groups is 1. The van der Waals surface area contributed by atoms with Crippen LogP contribution in [0.5, 0.6) is 0 Å². The third-order valence-electron chi connectivity index (χ3n) is 4.66. The molecule has 7 nitrogen and oxygen atoms in total. The zero-order valence-electron chi connectivity index (χ0n) is 14.9. The number of carbonyl (C=O) groups excluding carboxylic acids is 1. The molecule has 1 amide bonds. The van der Waals surface area contributed by atoms with Crippen molar-refractivity contribution in [3.05, 3.63) is 30.3 Å². The SMILES string of the molecule is O=C(O[C@H](CO)C(F)(F)F)N1CCC(O)(CCS(=O)(=O)c2ccccc2)CC1. The van der Waals surface area contributed by atoms with Gasteiger partial charge in [0.15, 0.2) is 9.84 Å². The molecular weight excluding hydrogens is 403 g/mol. The Morgan fingerprint density at radius 1 is 1.21 bits per heavy atom. The topological polar surface area (TPSA) is 104 Å². The number of aliphatic hydroxyl groups is 2. The Kier molecular flexibility index (Phi) is 6.94. The molecule has 0 bridgehead atoms. The number of halogens is 3. The van der Waals surface area contributed by atoms with Crippen molar-refractivity contribution in [1.29, 1.82) is 0 Å². The van der Waals surface area contributed by atoms with Crippen LogP contribution < -0.4 is 0 Å². The summed E-state index contributed by atoms with van der Waals surface area (Å²) in [4.78, 5) is 13.0. The minimum Gasteiger partial charge on any atom is -0.434 e. The van der Waals surface area contributed by atoms with E-state index in [0.717, 1.165) is 4.90 Å². The highest BCUT2D eigenvalue weighted by Gasteiger charge is 2.44. The Labute approximate surface area is 160 Å². The van der Waals surface area contributed by atoms with Crippen molar-refractivity contribution in [3.8, 4) is 0 Å². The third kappa shape index (κ3) is 5.82. The highest BCUT2D eigenvalue weighted by atomic mass is 32.2. The second kappa shape index (κ2) is 8.66. The van der Waals surface area contributed by atoms with Gasteiger partial charge >= 0.3 is 12.3 Å². The molecule has 0 saturated carbocycles. The molecule has 0 aliphatic carbocycles. The Bertz CT molecular complexity index is 761. The number of benzene rings is 1. The summed E-state index contributed by atoms with van der Waals surface area (Å²) < 4.78 is 66.6. The van der Waals surface area contributed by atoms with Crippen molar-refractivity contribution < 1.29 is 41.3 Å². The Hall–Kier alpha value is -1.85. The molecule has 1 aromatic rings. The van der Waals surface area contributed by atoms with Crippen LogP contribution in [0.4, 0.5) is 18.0 Å². The molecule has 0 aromatic heterocycles. The largest absolute Gasteiger partial charge is 0.434 e. The number of piperidine rings is 1. The van der Waals surface area contributed by atoms with Crippen LogP contribution in [-0.2, 0) is 14.6 Å². The second-order valence-electron chi connectivity index (χ2n) is 6.69. The monoisotopic (exact) mass is 425 g/mol. The fourth-order valence-corrected chi connectivity index (χ4v) is 4.29. The van der Waals surface area contributed by atoms with Gasteiger partial charge in [0, 0.05) is 13.1 Å². The van der Waals surface area contributed by atoms with Crippen molar-refractivity contribution in [2.45, 2.75) is 42.0 Å². The number of likely N-dealkylation sites (tertiary alicyclic amines) is 1. The van der Waals surface area contributed by atoms with Crippen molar-refractivity contribution in [1.82, 2.24) is 4.90 Å². The van der Waals surface area contributed by atoms with Gasteiger partial charge in [-0.2, -0.15) is 13.2 Å². The molecule has 1 aromatic carbocycles. The predicted molar refractivity (Wildman–Crippen MR) is 92.3 cm³/mol. The molecule has 158 valence electrons. The van der Waals surface area contributed by atoms with Gasteiger partial charge in [-0.1, -0.05) is 18.2 Å². The number of ether oxygens (including phenoxy) is 1. The molecule has 1 aliphatic rings. The lowest BCUT2D eigenvalue weighted by Crippen LogP contribution is -2.49. The molecule has 1 heterocycles. The van der Waals surface area contributed by atoms with Crippen LogP contribution in [-0.4, -0.2) is 73.0 Å². The average molecular weight is 425 g/mol. The molecule has 2 N–H and O–H groups in total. The van der Waals surface area contributed by atoms with Gasteiger partial charge in [0.25, 0.3) is 0 Å². The summed E-state index contributed by atoms with van der Waals surface area (Å²) in [5.41, 5.74) is -1.35. The fourth-order valence-electron chi connectivity index (χ4n) is 2.83. The van der Waals surface area contributed by atoms with E-state index in [2.05, 4.69) is 4.74 Å². The van der Waals surface area contributed by atoms with Crippen LogP contribution in [0.3, 0.4) is 0 Å². The molecule has 0 unspecified atom stereocenters. The van der Waals surface area contributed by atoms with Crippen LogP contribution in [0.25, 0.3) is 0 Å². The van der Waals surface area contributed by atoms with Crippen molar-refractivity contribution in [2.75, 3.05) is 25.4 Å². The quantitative estimate of drug-likeness (QED) is 0.720. The van der Waals surface area contributed by atoms with Gasteiger partial charge in [-0.05, 0) is 31.4 Å². The number of carbonyl (C=O) groups is 1. The summed E-state index contributed by atoms with van der Waals surface area (Å²) in [6.07, 6.45) is -8.79. The molecule has 0 radical (unpaired) electrons. The first-order valence-corrected chi connectivity index (χ1v) is 10.3. The molecule has 11 heteroatoms. The smallest absolute Gasteiger partial charge is 0.427 e. The number of hydrogen-bond donors (Lipinski definition) is 2. The van der Waals surface area contributed by atoms with Crippen LogP contribution in [0.15, 0.2) is 35.2 Å². The summed E-state index contributed by atoms with van der Waals surface area (Å²) in [7, 11) is -3.58. The minimum absolute atomic E-state index is 0.00220. The molecule has 0 spiro atoms. The van der Waals surface area contributed by atoms with E-state index in [1.807, 2.05) is 0 Å². The van der Waals surface area contributed by atoms with Crippen molar-refractivity contribution >= 4 is 15.9 Å². The van der Waals surface area contributed by atoms with E-state index in [9.17, 15) is 31.5 Å². The lowest BCUT2D eigenvalue weighted by Gasteiger charge is -2.38. The highest BCUT2D eigenvalue weighted by Crippen LogP contribution is 2.29. The van der Waals surface area contributed by atoms with E-state index in [1.165, 1.54) is 12.1 Å². The maximum atomic E-state index is 12.6. The van der Waals surface area contributed by atoms with Gasteiger partial charge < -0.3 is 19.8 Å². The van der Waals surface area contributed by atoms with Gasteiger partial charge in [0.1, 0.15) is 0 Å². The number of amides is 1. The number of alkyl halides is 3. The van der Waals surface area contributed by atoms with Gasteiger partial charge in [-0.25, -0.2) is 13.2 Å². The second-order valence-corrected chi connectivity index (χ2v) is 8.80. The lowest BCUT2D eigenvalue weighted by molar-refractivity contribution is -0.215. The molecule has 1 aliphatic heterocycles. The lowest BCUT2D eigenvalue weighted by atomic mass is 9.89. The molecule has 1 fully saturated rings. The molecule has 2 rings (SSSR count).